The molecule has 1 aromatic rings. The summed E-state index contributed by atoms with van der Waals surface area (Å²) in [7, 11) is 1.66. The fourth-order valence-corrected chi connectivity index (χ4v) is 6.59. The topological polar surface area (TPSA) is 109 Å². The summed E-state index contributed by atoms with van der Waals surface area (Å²) in [6, 6.07) is 2.16. The number of ether oxygens (including phenoxy) is 1. The summed E-state index contributed by atoms with van der Waals surface area (Å²) in [6.45, 7) is 13.2. The number of carboxylic acid groups (broad SMARTS) is 1. The number of aromatic nitrogens is 4. The molecule has 214 valence electrons. The number of pyridine rings is 1. The van der Waals surface area contributed by atoms with Gasteiger partial charge in [0.15, 0.2) is 5.84 Å². The highest BCUT2D eigenvalue weighted by Crippen LogP contribution is 2.40. The zero-order valence-corrected chi connectivity index (χ0v) is 25.1. The Morgan fingerprint density at radius 2 is 1.93 bits per heavy atom. The van der Waals surface area contributed by atoms with Crippen LogP contribution in [0.1, 0.15) is 73.7 Å². The Bertz CT molecular complexity index is 1410. The van der Waals surface area contributed by atoms with Crippen molar-refractivity contribution in [3.63, 3.8) is 0 Å². The van der Waals surface area contributed by atoms with Crippen LogP contribution in [0, 0.1) is 13.8 Å². The van der Waals surface area contributed by atoms with Crippen molar-refractivity contribution < 1.29 is 14.6 Å². The summed E-state index contributed by atoms with van der Waals surface area (Å²) < 4.78 is 10.4. The number of piperidine rings is 1. The molecule has 5 rings (SSSR count). The van der Waals surface area contributed by atoms with Crippen LogP contribution in [0.4, 0.5) is 4.79 Å². The van der Waals surface area contributed by atoms with E-state index in [1.165, 1.54) is 41.7 Å². The molecule has 4 aliphatic rings. The second kappa shape index (κ2) is 11.4. The van der Waals surface area contributed by atoms with Crippen LogP contribution < -0.4 is 4.74 Å². The quantitative estimate of drug-likeness (QED) is 0.408. The molecule has 0 bridgehead atoms. The minimum absolute atomic E-state index is 0.318. The highest BCUT2D eigenvalue weighted by molar-refractivity contribution is 7.97. The molecular weight excluding hydrogens is 526 g/mol. The number of methoxy groups -OCH3 is 1. The molecule has 1 N–H and O–H groups in total. The van der Waals surface area contributed by atoms with Gasteiger partial charge in [-0.05, 0) is 96.1 Å². The molecule has 0 spiro atoms. The highest BCUT2D eigenvalue weighted by Gasteiger charge is 2.37. The number of hydrogen-bond donors (Lipinski definition) is 1. The van der Waals surface area contributed by atoms with E-state index < -0.39 is 11.6 Å². The van der Waals surface area contributed by atoms with Crippen LogP contribution in [0.3, 0.4) is 0 Å². The number of aryl methyl sites for hydroxylation is 1. The van der Waals surface area contributed by atoms with Crippen molar-refractivity contribution in [3.8, 4) is 17.0 Å². The van der Waals surface area contributed by atoms with Gasteiger partial charge in [-0.3, -0.25) is 9.88 Å². The van der Waals surface area contributed by atoms with E-state index in [4.69, 9.17) is 19.3 Å². The van der Waals surface area contributed by atoms with Gasteiger partial charge >= 0.3 is 6.09 Å². The molecule has 3 aliphatic heterocycles. The Hall–Kier alpha value is -3.18. The first-order valence-electron chi connectivity index (χ1n) is 13.9. The summed E-state index contributed by atoms with van der Waals surface area (Å²) in [5.74, 6) is 1.78. The molecule has 1 aromatic heterocycles. The zero-order chi connectivity index (χ0) is 28.6. The van der Waals surface area contributed by atoms with Gasteiger partial charge < -0.3 is 14.7 Å². The molecule has 0 atom stereocenters. The number of hydrogen-bond acceptors (Lipinski definition) is 8. The molecule has 4 heterocycles. The molecule has 0 radical (unpaired) electrons. The van der Waals surface area contributed by atoms with E-state index >= 15 is 0 Å². The van der Waals surface area contributed by atoms with Crippen LogP contribution >= 0.6 is 11.9 Å². The minimum atomic E-state index is -1.06. The molecule has 11 heteroatoms. The fourth-order valence-electron chi connectivity index (χ4n) is 5.78. The maximum absolute atomic E-state index is 12.6. The van der Waals surface area contributed by atoms with Gasteiger partial charge in [0.1, 0.15) is 18.0 Å². The van der Waals surface area contributed by atoms with Crippen molar-refractivity contribution in [3.05, 3.63) is 45.9 Å². The summed E-state index contributed by atoms with van der Waals surface area (Å²) in [4.78, 5) is 22.7. The van der Waals surface area contributed by atoms with Crippen LogP contribution in [0.2, 0.25) is 0 Å². The third kappa shape index (κ3) is 5.54. The van der Waals surface area contributed by atoms with Crippen molar-refractivity contribution in [1.29, 1.82) is 0 Å². The minimum Gasteiger partial charge on any atom is -0.496 e. The maximum Gasteiger partial charge on any atom is 0.413 e. The number of amides is 1. The molecule has 0 unspecified atom stereocenters. The second-order valence-electron chi connectivity index (χ2n) is 11.7. The Balaban J connectivity index is 1.62. The average molecular weight is 566 g/mol. The first-order chi connectivity index (χ1) is 19.1. The standard InChI is InChI=1S/C29H39N7O3S/c1-18-15-30-23(19(2)26(18)39-6)16-35-31-22-14-20(10-13-34-11-8-7-9-12-34)21-17-40-33-27(25(32-35)24(21)22)36(28(37)38)29(3,4)5/h14-15H,7-13,16-17H2,1-6H3,(H,37,38). The third-order valence-corrected chi connectivity index (χ3v) is 8.48. The molecule has 10 nitrogen and oxygen atoms in total. The van der Waals surface area contributed by atoms with Gasteiger partial charge in [0.2, 0.25) is 0 Å². The lowest BCUT2D eigenvalue weighted by Crippen LogP contribution is -2.49. The van der Waals surface area contributed by atoms with Crippen LogP contribution in [0.15, 0.2) is 16.7 Å². The van der Waals surface area contributed by atoms with E-state index in [2.05, 4.69) is 16.0 Å². The zero-order valence-electron chi connectivity index (χ0n) is 24.3. The van der Waals surface area contributed by atoms with Crippen LogP contribution in [-0.2, 0) is 18.7 Å². The summed E-state index contributed by atoms with van der Waals surface area (Å²) in [5, 5.41) is 20.1. The molecular formula is C29H39N7O3S. The number of nitrogens with zero attached hydrogens (tertiary/aromatic N) is 7. The van der Waals surface area contributed by atoms with E-state index in [9.17, 15) is 9.90 Å². The SMILES string of the molecule is COc1c(C)cnc(Cn2nc3cc(CCN4CCCCC4)c4c-3c(n2)C(N(C(=O)O)C(C)(C)C)=NSC4)c1C. The summed E-state index contributed by atoms with van der Waals surface area (Å²) in [6.07, 6.45) is 5.47. The Kier molecular flexibility index (Phi) is 8.05. The fraction of sp³-hybridized carbons (Fsp3) is 0.552. The molecule has 1 aliphatic carbocycles. The average Bonchev–Trinajstić information content (AvgIpc) is 3.14. The predicted molar refractivity (Wildman–Crippen MR) is 157 cm³/mol. The Morgan fingerprint density at radius 1 is 1.18 bits per heavy atom. The molecule has 0 saturated carbocycles. The van der Waals surface area contributed by atoms with E-state index in [0.717, 1.165) is 65.4 Å². The van der Waals surface area contributed by atoms with Gasteiger partial charge in [0, 0.05) is 40.7 Å². The van der Waals surface area contributed by atoms with Gasteiger partial charge in [0.25, 0.3) is 0 Å². The second-order valence-corrected chi connectivity index (χ2v) is 12.4. The number of amidine groups is 1. The lowest BCUT2D eigenvalue weighted by molar-refractivity contribution is 0.141. The first kappa shape index (κ1) is 28.4. The molecule has 40 heavy (non-hydrogen) atoms. The smallest absolute Gasteiger partial charge is 0.413 e. The van der Waals surface area contributed by atoms with Gasteiger partial charge in [-0.1, -0.05) is 6.42 Å². The van der Waals surface area contributed by atoms with E-state index in [-0.39, 0.29) is 0 Å². The monoisotopic (exact) mass is 565 g/mol. The van der Waals surface area contributed by atoms with E-state index in [0.29, 0.717) is 23.8 Å². The van der Waals surface area contributed by atoms with E-state index in [1.807, 2.05) is 34.6 Å². The summed E-state index contributed by atoms with van der Waals surface area (Å²) >= 11 is 1.38. The molecule has 1 amide bonds. The van der Waals surface area contributed by atoms with E-state index in [1.54, 1.807) is 18.1 Å². The van der Waals surface area contributed by atoms with Gasteiger partial charge in [-0.25, -0.2) is 4.79 Å². The van der Waals surface area contributed by atoms with Crippen molar-refractivity contribution in [2.24, 2.45) is 4.40 Å². The van der Waals surface area contributed by atoms with Gasteiger partial charge in [-0.2, -0.15) is 19.4 Å². The lowest BCUT2D eigenvalue weighted by atomic mass is 10.0. The van der Waals surface area contributed by atoms with Crippen molar-refractivity contribution in [1.82, 2.24) is 29.8 Å². The lowest BCUT2D eigenvalue weighted by Gasteiger charge is -2.33. The normalized spacial score (nSPS) is 16.1. The number of rotatable bonds is 6. The van der Waals surface area contributed by atoms with Crippen LogP contribution in [0.25, 0.3) is 11.3 Å². The van der Waals surface area contributed by atoms with Gasteiger partial charge in [-0.15, -0.1) is 0 Å². The number of carbonyl (C=O) groups is 1. The first-order valence-corrected chi connectivity index (χ1v) is 14.9. The van der Waals surface area contributed by atoms with Crippen LogP contribution in [0.5, 0.6) is 5.75 Å². The molecule has 0 aromatic carbocycles. The largest absolute Gasteiger partial charge is 0.496 e. The highest BCUT2D eigenvalue weighted by atomic mass is 32.2. The van der Waals surface area contributed by atoms with Crippen LogP contribution in [-0.4, -0.2) is 79.1 Å². The Morgan fingerprint density at radius 3 is 2.60 bits per heavy atom. The maximum atomic E-state index is 12.6. The molecule has 1 fully saturated rings. The predicted octanol–water partition coefficient (Wildman–Crippen LogP) is 5.17. The molecule has 1 saturated heterocycles. The van der Waals surface area contributed by atoms with Gasteiger partial charge in [0.05, 0.1) is 18.5 Å². The van der Waals surface area contributed by atoms with Crippen molar-refractivity contribution in [2.75, 3.05) is 26.7 Å². The van der Waals surface area contributed by atoms with Crippen molar-refractivity contribution in [2.45, 2.75) is 78.1 Å². The Labute approximate surface area is 240 Å². The van der Waals surface area contributed by atoms with Crippen molar-refractivity contribution >= 4 is 23.9 Å². The third-order valence-electron chi connectivity index (χ3n) is 7.76. The number of likely N-dealkylation sites (tertiary alicyclic amines) is 1. The summed E-state index contributed by atoms with van der Waals surface area (Å²) in [5.41, 5.74) is 6.61.